The van der Waals surface area contributed by atoms with Crippen molar-refractivity contribution in [1.82, 2.24) is 10.2 Å². The molecule has 2 amide bonds. The van der Waals surface area contributed by atoms with Gasteiger partial charge in [-0.05, 0) is 43.5 Å². The van der Waals surface area contributed by atoms with Crippen LogP contribution in [0.25, 0.3) is 0 Å². The summed E-state index contributed by atoms with van der Waals surface area (Å²) in [5.41, 5.74) is 2.46. The predicted octanol–water partition coefficient (Wildman–Crippen LogP) is 3.14. The number of nitrogens with one attached hydrogen (secondary N) is 1. The molecule has 0 radical (unpaired) electrons. The van der Waals surface area contributed by atoms with Gasteiger partial charge < -0.3 is 10.2 Å². The Kier molecular flexibility index (Phi) is 5.06. The van der Waals surface area contributed by atoms with Crippen LogP contribution in [0, 0.1) is 30.0 Å². The van der Waals surface area contributed by atoms with Crippen molar-refractivity contribution in [1.29, 1.82) is 5.26 Å². The van der Waals surface area contributed by atoms with Crippen molar-refractivity contribution < 1.29 is 14.0 Å². The molecule has 1 saturated carbocycles. The van der Waals surface area contributed by atoms with Gasteiger partial charge in [0, 0.05) is 30.5 Å². The summed E-state index contributed by atoms with van der Waals surface area (Å²) in [4.78, 5) is 27.0. The molecule has 1 N–H and O–H groups in total. The summed E-state index contributed by atoms with van der Waals surface area (Å²) in [6.07, 6.45) is 1.83. The Balaban J connectivity index is 1.59. The summed E-state index contributed by atoms with van der Waals surface area (Å²) in [6.45, 7) is 2.79. The molecule has 2 atom stereocenters. The highest BCUT2D eigenvalue weighted by atomic mass is 19.1. The number of nitrogens with zero attached hydrogens (tertiary/aromatic N) is 2. The van der Waals surface area contributed by atoms with E-state index in [0.29, 0.717) is 13.1 Å². The quantitative estimate of drug-likeness (QED) is 0.870. The van der Waals surface area contributed by atoms with Gasteiger partial charge in [-0.3, -0.25) is 9.59 Å². The van der Waals surface area contributed by atoms with E-state index in [9.17, 15) is 14.0 Å². The number of halogens is 1. The number of likely N-dealkylation sites (tertiary alicyclic amines) is 1. The Morgan fingerprint density at radius 3 is 2.52 bits per heavy atom. The van der Waals surface area contributed by atoms with E-state index in [1.165, 1.54) is 6.07 Å². The van der Waals surface area contributed by atoms with Gasteiger partial charge in [-0.25, -0.2) is 4.39 Å². The minimum Gasteiger partial charge on any atom is -0.351 e. The lowest BCUT2D eigenvalue weighted by Gasteiger charge is -2.20. The van der Waals surface area contributed by atoms with Crippen molar-refractivity contribution in [3.8, 4) is 6.07 Å². The Labute approximate surface area is 169 Å². The third-order valence-electron chi connectivity index (χ3n) is 5.66. The predicted molar refractivity (Wildman–Crippen MR) is 106 cm³/mol. The summed E-state index contributed by atoms with van der Waals surface area (Å²) >= 11 is 0. The number of amides is 2. The van der Waals surface area contributed by atoms with Crippen LogP contribution < -0.4 is 5.32 Å². The van der Waals surface area contributed by atoms with E-state index in [0.717, 1.165) is 36.1 Å². The van der Waals surface area contributed by atoms with Gasteiger partial charge in [0.05, 0.1) is 17.7 Å². The highest BCUT2D eigenvalue weighted by molar-refractivity contribution is 5.95. The SMILES string of the molecule is Cc1ccc([C@@H]2CN(C(=O)c3cc(F)cc(C#N)c3)C[C@H]2NC(=O)C2CC2)cc1. The Hall–Kier alpha value is -3.20. The zero-order valence-corrected chi connectivity index (χ0v) is 16.2. The van der Waals surface area contributed by atoms with Crippen LogP contribution in [0.15, 0.2) is 42.5 Å². The monoisotopic (exact) mass is 391 g/mol. The summed E-state index contributed by atoms with van der Waals surface area (Å²) < 4.78 is 13.8. The van der Waals surface area contributed by atoms with Crippen LogP contribution in [0.4, 0.5) is 4.39 Å². The van der Waals surface area contributed by atoms with Gasteiger partial charge in [0.1, 0.15) is 5.82 Å². The maximum absolute atomic E-state index is 13.8. The summed E-state index contributed by atoms with van der Waals surface area (Å²) in [5, 5.41) is 12.2. The second kappa shape index (κ2) is 7.67. The molecule has 6 heteroatoms. The molecule has 1 aliphatic carbocycles. The van der Waals surface area contributed by atoms with Crippen LogP contribution in [0.3, 0.4) is 0 Å². The maximum Gasteiger partial charge on any atom is 0.254 e. The summed E-state index contributed by atoms with van der Waals surface area (Å²) in [7, 11) is 0. The van der Waals surface area contributed by atoms with E-state index < -0.39 is 5.82 Å². The van der Waals surface area contributed by atoms with Crippen molar-refractivity contribution in [2.45, 2.75) is 31.7 Å². The lowest BCUT2D eigenvalue weighted by Crippen LogP contribution is -2.41. The maximum atomic E-state index is 13.8. The van der Waals surface area contributed by atoms with E-state index in [1.54, 1.807) is 4.90 Å². The number of hydrogen-bond acceptors (Lipinski definition) is 3. The fourth-order valence-electron chi connectivity index (χ4n) is 3.87. The molecular weight excluding hydrogens is 369 g/mol. The molecule has 1 heterocycles. The highest BCUT2D eigenvalue weighted by Crippen LogP contribution is 2.33. The number of carbonyl (C=O) groups is 2. The number of aryl methyl sites for hydroxylation is 1. The van der Waals surface area contributed by atoms with Gasteiger partial charge in [-0.15, -0.1) is 0 Å². The molecule has 0 aromatic heterocycles. The largest absolute Gasteiger partial charge is 0.351 e. The molecule has 148 valence electrons. The highest BCUT2D eigenvalue weighted by Gasteiger charge is 2.40. The Morgan fingerprint density at radius 2 is 1.86 bits per heavy atom. The first-order chi connectivity index (χ1) is 13.9. The standard InChI is InChI=1S/C23H22FN3O2/c1-14-2-4-16(5-3-14)20-12-27(13-21(20)26-22(28)17-6-7-17)23(29)18-8-15(11-25)9-19(24)10-18/h2-5,8-10,17,20-21H,6-7,12-13H2,1H3,(H,26,28)/t20-,21+/m0/s1. The van der Waals surface area contributed by atoms with Crippen LogP contribution in [0.5, 0.6) is 0 Å². The molecule has 2 fully saturated rings. The minimum atomic E-state index is -0.611. The zero-order chi connectivity index (χ0) is 20.5. The van der Waals surface area contributed by atoms with Crippen molar-refractivity contribution >= 4 is 11.8 Å². The van der Waals surface area contributed by atoms with E-state index in [2.05, 4.69) is 5.32 Å². The van der Waals surface area contributed by atoms with Gasteiger partial charge in [0.15, 0.2) is 0 Å². The first-order valence-electron chi connectivity index (χ1n) is 9.81. The fourth-order valence-corrected chi connectivity index (χ4v) is 3.87. The van der Waals surface area contributed by atoms with Crippen molar-refractivity contribution in [3.05, 3.63) is 70.5 Å². The third kappa shape index (κ3) is 4.14. The minimum absolute atomic E-state index is 0.0359. The summed E-state index contributed by atoms with van der Waals surface area (Å²) in [5.74, 6) is -0.855. The molecule has 2 aromatic carbocycles. The molecule has 29 heavy (non-hydrogen) atoms. The van der Waals surface area contributed by atoms with Crippen molar-refractivity contribution in [2.24, 2.45) is 5.92 Å². The first kappa shape index (κ1) is 19.1. The third-order valence-corrected chi connectivity index (χ3v) is 5.66. The van der Waals surface area contributed by atoms with E-state index >= 15 is 0 Å². The topological polar surface area (TPSA) is 73.2 Å². The number of benzene rings is 2. The van der Waals surface area contributed by atoms with Gasteiger partial charge in [-0.2, -0.15) is 5.26 Å². The molecule has 1 aliphatic heterocycles. The molecule has 4 rings (SSSR count). The molecule has 0 unspecified atom stereocenters. The lowest BCUT2D eigenvalue weighted by molar-refractivity contribution is -0.123. The smallest absolute Gasteiger partial charge is 0.254 e. The molecule has 0 spiro atoms. The van der Waals surface area contributed by atoms with E-state index in [1.807, 2.05) is 37.3 Å². The summed E-state index contributed by atoms with van der Waals surface area (Å²) in [6, 6.07) is 13.4. The number of rotatable bonds is 4. The molecule has 5 nitrogen and oxygen atoms in total. The second-order valence-electron chi connectivity index (χ2n) is 7.96. The van der Waals surface area contributed by atoms with Crippen LogP contribution in [0.2, 0.25) is 0 Å². The van der Waals surface area contributed by atoms with Crippen LogP contribution in [-0.2, 0) is 4.79 Å². The average molecular weight is 391 g/mol. The molecule has 0 bridgehead atoms. The number of nitriles is 1. The van der Waals surface area contributed by atoms with Crippen LogP contribution >= 0.6 is 0 Å². The first-order valence-corrected chi connectivity index (χ1v) is 9.81. The average Bonchev–Trinajstić information content (AvgIpc) is 3.49. The van der Waals surface area contributed by atoms with Crippen LogP contribution in [0.1, 0.15) is 45.8 Å². The van der Waals surface area contributed by atoms with Gasteiger partial charge in [0.25, 0.3) is 5.91 Å². The molecule has 2 aliphatic rings. The van der Waals surface area contributed by atoms with E-state index in [-0.39, 0.29) is 40.8 Å². The molecular formula is C23H22FN3O2. The lowest BCUT2D eigenvalue weighted by atomic mass is 9.93. The molecule has 2 aromatic rings. The van der Waals surface area contributed by atoms with E-state index in [4.69, 9.17) is 5.26 Å². The van der Waals surface area contributed by atoms with Gasteiger partial charge in [0.2, 0.25) is 5.91 Å². The Bertz CT molecular complexity index is 992. The van der Waals surface area contributed by atoms with Crippen molar-refractivity contribution in [3.63, 3.8) is 0 Å². The van der Waals surface area contributed by atoms with Crippen LogP contribution in [-0.4, -0.2) is 35.8 Å². The van der Waals surface area contributed by atoms with Crippen molar-refractivity contribution in [2.75, 3.05) is 13.1 Å². The Morgan fingerprint density at radius 1 is 1.14 bits per heavy atom. The second-order valence-corrected chi connectivity index (χ2v) is 7.96. The zero-order valence-electron chi connectivity index (χ0n) is 16.2. The fraction of sp³-hybridized carbons (Fsp3) is 0.348. The number of carbonyl (C=O) groups excluding carboxylic acids is 2. The van der Waals surface area contributed by atoms with Gasteiger partial charge >= 0.3 is 0 Å². The number of hydrogen-bond donors (Lipinski definition) is 1. The normalized spacial score (nSPS) is 20.9. The molecule has 1 saturated heterocycles. The van der Waals surface area contributed by atoms with Gasteiger partial charge in [-0.1, -0.05) is 29.8 Å².